The maximum Gasteiger partial charge on any atom is 0.300 e. The molecule has 0 spiro atoms. The van der Waals surface area contributed by atoms with Crippen molar-refractivity contribution < 1.29 is 32.6 Å². The van der Waals surface area contributed by atoms with Crippen molar-refractivity contribution in [1.29, 1.82) is 0 Å². The first kappa shape index (κ1) is 22.6. The number of benzene rings is 2. The average molecular weight is 493 g/mol. The number of nitrogens with two attached hydrogens (primary N) is 1. The van der Waals surface area contributed by atoms with Crippen LogP contribution in [0.4, 0.5) is 5.69 Å². The molecule has 11 heteroatoms. The van der Waals surface area contributed by atoms with Crippen LogP contribution in [0.5, 0.6) is 11.5 Å². The van der Waals surface area contributed by atoms with Crippen molar-refractivity contribution in [3.05, 3.63) is 83.7 Å². The summed E-state index contributed by atoms with van der Waals surface area (Å²) in [5.41, 5.74) is 0.844. The summed E-state index contributed by atoms with van der Waals surface area (Å²) in [5, 5.41) is 16.4. The number of aliphatic hydroxyl groups is 1. The van der Waals surface area contributed by atoms with Gasteiger partial charge in [0.1, 0.15) is 19.0 Å². The molecule has 0 radical (unpaired) electrons. The Labute approximate surface area is 200 Å². The van der Waals surface area contributed by atoms with E-state index in [2.05, 4.69) is 4.98 Å². The molecular formula is C24H19N3O7S. The molecule has 1 aromatic heterocycles. The van der Waals surface area contributed by atoms with E-state index in [1.165, 1.54) is 41.6 Å². The number of pyridine rings is 1. The number of fused-ring (bicyclic) bond motifs is 1. The zero-order valence-electron chi connectivity index (χ0n) is 18.1. The van der Waals surface area contributed by atoms with E-state index in [0.717, 1.165) is 0 Å². The Bertz CT molecular complexity index is 1470. The molecule has 1 atom stereocenters. The van der Waals surface area contributed by atoms with Gasteiger partial charge < -0.3 is 14.6 Å². The summed E-state index contributed by atoms with van der Waals surface area (Å²) in [6.07, 6.45) is 3.02. The first-order chi connectivity index (χ1) is 16.8. The van der Waals surface area contributed by atoms with Crippen molar-refractivity contribution in [3.8, 4) is 11.5 Å². The number of nitrogens with zero attached hydrogens (tertiary/aromatic N) is 2. The smallest absolute Gasteiger partial charge is 0.300 e. The molecule has 35 heavy (non-hydrogen) atoms. The van der Waals surface area contributed by atoms with Gasteiger partial charge in [-0.2, -0.15) is 0 Å². The van der Waals surface area contributed by atoms with Crippen molar-refractivity contribution >= 4 is 33.2 Å². The number of carbonyl (C=O) groups is 2. The number of amides is 1. The van der Waals surface area contributed by atoms with Gasteiger partial charge in [0.25, 0.3) is 11.7 Å². The number of ether oxygens (including phenoxy) is 2. The first-order valence-corrected chi connectivity index (χ1v) is 12.0. The number of sulfonamides is 1. The van der Waals surface area contributed by atoms with Gasteiger partial charge >= 0.3 is 0 Å². The molecule has 3 heterocycles. The van der Waals surface area contributed by atoms with E-state index < -0.39 is 33.5 Å². The van der Waals surface area contributed by atoms with Crippen molar-refractivity contribution in [2.24, 2.45) is 5.14 Å². The highest BCUT2D eigenvalue weighted by Gasteiger charge is 2.47. The second-order valence-electron chi connectivity index (χ2n) is 7.85. The lowest BCUT2D eigenvalue weighted by Gasteiger charge is -2.25. The van der Waals surface area contributed by atoms with E-state index in [-0.39, 0.29) is 21.7 Å². The Kier molecular flexibility index (Phi) is 5.50. The fraction of sp³-hybridized carbons (Fsp3) is 0.125. The minimum absolute atomic E-state index is 0.143. The van der Waals surface area contributed by atoms with Gasteiger partial charge in [0.15, 0.2) is 11.5 Å². The highest BCUT2D eigenvalue weighted by Crippen LogP contribution is 2.43. The van der Waals surface area contributed by atoms with Crippen LogP contribution >= 0.6 is 0 Å². The number of carbonyl (C=O) groups excluding carboxylic acids is 2. The molecule has 2 aliphatic rings. The van der Waals surface area contributed by atoms with Crippen molar-refractivity contribution in [2.75, 3.05) is 18.1 Å². The Balaban J connectivity index is 1.66. The molecule has 1 fully saturated rings. The molecule has 3 N–H and O–H groups in total. The third kappa shape index (κ3) is 4.00. The lowest BCUT2D eigenvalue weighted by Crippen LogP contribution is -2.29. The molecule has 1 unspecified atom stereocenters. The van der Waals surface area contributed by atoms with E-state index in [1.807, 2.05) is 0 Å². The zero-order chi connectivity index (χ0) is 24.7. The van der Waals surface area contributed by atoms with E-state index in [0.29, 0.717) is 30.3 Å². The monoisotopic (exact) mass is 493 g/mol. The summed E-state index contributed by atoms with van der Waals surface area (Å²) >= 11 is 0. The van der Waals surface area contributed by atoms with Crippen LogP contribution in [0.25, 0.3) is 5.76 Å². The predicted molar refractivity (Wildman–Crippen MR) is 124 cm³/mol. The van der Waals surface area contributed by atoms with E-state index in [9.17, 15) is 23.1 Å². The fourth-order valence-electron chi connectivity index (χ4n) is 4.09. The summed E-state index contributed by atoms with van der Waals surface area (Å²) in [5.74, 6) is -1.26. The minimum Gasteiger partial charge on any atom is -0.507 e. The molecule has 0 bridgehead atoms. The normalized spacial score (nSPS) is 19.1. The predicted octanol–water partition coefficient (Wildman–Crippen LogP) is 2.13. The van der Waals surface area contributed by atoms with Crippen LogP contribution < -0.4 is 19.5 Å². The molecule has 1 amide bonds. The molecule has 0 saturated carbocycles. The quantitative estimate of drug-likeness (QED) is 0.319. The average Bonchev–Trinajstić information content (AvgIpc) is 3.13. The number of anilines is 1. The lowest BCUT2D eigenvalue weighted by molar-refractivity contribution is -0.132. The van der Waals surface area contributed by atoms with Crippen molar-refractivity contribution in [1.82, 2.24) is 4.98 Å². The summed E-state index contributed by atoms with van der Waals surface area (Å²) in [7, 11) is -3.95. The molecule has 1 saturated heterocycles. The van der Waals surface area contributed by atoms with Gasteiger partial charge in [0.05, 0.1) is 16.5 Å². The standard InChI is InChI=1S/C24H19N3O7S/c25-35(31,32)17-6-4-16(5-7-17)27-21(15-2-1-9-26-13-15)20(23(29)24(27)30)22(28)14-3-8-18-19(12-14)34-11-10-33-18/h1-9,12-13,21,28H,10-11H2,(H2,25,31,32)/b22-20-. The largest absolute Gasteiger partial charge is 0.507 e. The third-order valence-corrected chi connectivity index (χ3v) is 6.63. The zero-order valence-corrected chi connectivity index (χ0v) is 18.9. The van der Waals surface area contributed by atoms with Gasteiger partial charge in [-0.25, -0.2) is 13.6 Å². The number of hydrogen-bond donors (Lipinski definition) is 2. The SMILES string of the molecule is NS(=O)(=O)c1ccc(N2C(=O)C(=O)/C(=C(\O)c3ccc4c(c3)OCCO4)C2c2cccnc2)cc1. The maximum absolute atomic E-state index is 13.2. The number of rotatable bonds is 4. The third-order valence-electron chi connectivity index (χ3n) is 5.70. The lowest BCUT2D eigenvalue weighted by atomic mass is 9.96. The minimum atomic E-state index is -3.95. The molecule has 0 aliphatic carbocycles. The van der Waals surface area contributed by atoms with E-state index in [1.54, 1.807) is 30.3 Å². The van der Waals surface area contributed by atoms with Gasteiger partial charge in [0, 0.05) is 23.6 Å². The second kappa shape index (κ2) is 8.53. The number of Topliss-reactive ketones (excluding diaryl/α,β-unsaturated/α-hetero) is 1. The summed E-state index contributed by atoms with van der Waals surface area (Å²) in [4.78, 5) is 31.5. The van der Waals surface area contributed by atoms with Crippen LogP contribution in [0, 0.1) is 0 Å². The summed E-state index contributed by atoms with van der Waals surface area (Å²) in [6.45, 7) is 0.737. The van der Waals surface area contributed by atoms with Crippen LogP contribution in [0.1, 0.15) is 17.2 Å². The van der Waals surface area contributed by atoms with Gasteiger partial charge in [-0.05, 0) is 54.1 Å². The Morgan fingerprint density at radius 3 is 2.40 bits per heavy atom. The molecule has 178 valence electrons. The van der Waals surface area contributed by atoms with Crippen LogP contribution in [0.15, 0.2) is 77.5 Å². The van der Waals surface area contributed by atoms with Crippen LogP contribution in [-0.4, -0.2) is 43.4 Å². The molecular weight excluding hydrogens is 474 g/mol. The van der Waals surface area contributed by atoms with Crippen molar-refractivity contribution in [2.45, 2.75) is 10.9 Å². The Morgan fingerprint density at radius 1 is 1.03 bits per heavy atom. The Hall–Kier alpha value is -4.22. The van der Waals surface area contributed by atoms with Gasteiger partial charge in [-0.15, -0.1) is 0 Å². The van der Waals surface area contributed by atoms with E-state index >= 15 is 0 Å². The van der Waals surface area contributed by atoms with Gasteiger partial charge in [0.2, 0.25) is 10.0 Å². The Morgan fingerprint density at radius 2 is 1.74 bits per heavy atom. The molecule has 5 rings (SSSR count). The topological polar surface area (TPSA) is 149 Å². The fourth-order valence-corrected chi connectivity index (χ4v) is 4.61. The second-order valence-corrected chi connectivity index (χ2v) is 9.41. The highest BCUT2D eigenvalue weighted by atomic mass is 32.2. The highest BCUT2D eigenvalue weighted by molar-refractivity contribution is 7.89. The molecule has 2 aromatic carbocycles. The van der Waals surface area contributed by atoms with Gasteiger partial charge in [-0.1, -0.05) is 6.07 Å². The summed E-state index contributed by atoms with van der Waals surface area (Å²) < 4.78 is 34.4. The number of aliphatic hydroxyl groups excluding tert-OH is 1. The van der Waals surface area contributed by atoms with E-state index in [4.69, 9.17) is 14.6 Å². The van der Waals surface area contributed by atoms with Gasteiger partial charge in [-0.3, -0.25) is 19.5 Å². The number of ketones is 1. The molecule has 10 nitrogen and oxygen atoms in total. The summed E-state index contributed by atoms with van der Waals surface area (Å²) in [6, 6.07) is 12.3. The molecule has 3 aromatic rings. The van der Waals surface area contributed by atoms with Crippen LogP contribution in [0.2, 0.25) is 0 Å². The van der Waals surface area contributed by atoms with Crippen LogP contribution in [0.3, 0.4) is 0 Å². The number of hydrogen-bond acceptors (Lipinski definition) is 8. The van der Waals surface area contributed by atoms with Crippen LogP contribution in [-0.2, 0) is 19.6 Å². The number of primary sulfonamides is 1. The maximum atomic E-state index is 13.2. The molecule has 2 aliphatic heterocycles. The first-order valence-electron chi connectivity index (χ1n) is 10.5. The number of aromatic nitrogens is 1. The van der Waals surface area contributed by atoms with Crippen molar-refractivity contribution in [3.63, 3.8) is 0 Å².